The fourth-order valence-corrected chi connectivity index (χ4v) is 3.55. The average Bonchev–Trinajstić information content (AvgIpc) is 2.42. The number of nitrogens with one attached hydrogen (secondary N) is 1. The Kier molecular flexibility index (Phi) is 5.93. The third-order valence-electron chi connectivity index (χ3n) is 4.66. The van der Waals surface area contributed by atoms with Gasteiger partial charge in [0.25, 0.3) is 0 Å². The molecule has 0 radical (unpaired) electrons. The van der Waals surface area contributed by atoms with Gasteiger partial charge in [0.15, 0.2) is 0 Å². The zero-order valence-electron chi connectivity index (χ0n) is 12.2. The van der Waals surface area contributed by atoms with Gasteiger partial charge in [-0.25, -0.2) is 0 Å². The van der Waals surface area contributed by atoms with Crippen molar-refractivity contribution in [2.24, 2.45) is 5.92 Å². The molecule has 1 aliphatic heterocycles. The Labute approximate surface area is 112 Å². The highest BCUT2D eigenvalue weighted by Crippen LogP contribution is 2.24. The van der Waals surface area contributed by atoms with E-state index >= 15 is 0 Å². The van der Waals surface area contributed by atoms with Crippen molar-refractivity contribution >= 4 is 0 Å². The van der Waals surface area contributed by atoms with E-state index in [9.17, 15) is 0 Å². The van der Waals surface area contributed by atoms with Gasteiger partial charge in [-0.3, -0.25) is 0 Å². The quantitative estimate of drug-likeness (QED) is 0.814. The predicted molar refractivity (Wildman–Crippen MR) is 75.9 cm³/mol. The number of nitrogens with zero attached hydrogens (tertiary/aromatic N) is 1. The second-order valence-corrected chi connectivity index (χ2v) is 6.02. The highest BCUT2D eigenvalue weighted by molar-refractivity contribution is 4.83. The minimum atomic E-state index is 0.662. The minimum absolute atomic E-state index is 0.662. The molecule has 106 valence electrons. The molecule has 0 aromatic rings. The van der Waals surface area contributed by atoms with E-state index in [2.05, 4.69) is 24.2 Å². The first kappa shape index (κ1) is 14.3. The maximum Gasteiger partial charge on any atom is 0.0521 e. The van der Waals surface area contributed by atoms with Crippen LogP contribution in [0.1, 0.15) is 45.4 Å². The molecule has 0 spiro atoms. The van der Waals surface area contributed by atoms with Crippen molar-refractivity contribution in [3.63, 3.8) is 0 Å². The Hall–Kier alpha value is -0.120. The van der Waals surface area contributed by atoms with Crippen LogP contribution < -0.4 is 5.32 Å². The van der Waals surface area contributed by atoms with Crippen molar-refractivity contribution in [1.82, 2.24) is 10.2 Å². The summed E-state index contributed by atoms with van der Waals surface area (Å²) >= 11 is 0. The van der Waals surface area contributed by atoms with Crippen molar-refractivity contribution < 1.29 is 4.74 Å². The second kappa shape index (κ2) is 7.46. The average molecular weight is 254 g/mol. The van der Waals surface area contributed by atoms with Crippen LogP contribution in [-0.2, 0) is 4.74 Å². The van der Waals surface area contributed by atoms with Gasteiger partial charge in [-0.1, -0.05) is 26.2 Å². The summed E-state index contributed by atoms with van der Waals surface area (Å²) in [6.45, 7) is 6.35. The number of hydrogen-bond acceptors (Lipinski definition) is 3. The summed E-state index contributed by atoms with van der Waals surface area (Å²) in [5.74, 6) is 0.672. The molecule has 1 N–H and O–H groups in total. The lowest BCUT2D eigenvalue weighted by Crippen LogP contribution is -2.49. The van der Waals surface area contributed by atoms with Crippen molar-refractivity contribution in [1.29, 1.82) is 0 Å². The predicted octanol–water partition coefficient (Wildman–Crippen LogP) is 2.27. The molecule has 1 heterocycles. The van der Waals surface area contributed by atoms with E-state index in [0.717, 1.165) is 25.8 Å². The van der Waals surface area contributed by atoms with E-state index in [1.165, 1.54) is 45.1 Å². The largest absolute Gasteiger partial charge is 0.381 e. The van der Waals surface area contributed by atoms with Crippen molar-refractivity contribution in [2.75, 3.05) is 33.4 Å². The lowest BCUT2D eigenvalue weighted by molar-refractivity contribution is 0.0125. The topological polar surface area (TPSA) is 24.5 Å². The molecule has 2 fully saturated rings. The zero-order chi connectivity index (χ0) is 12.8. The summed E-state index contributed by atoms with van der Waals surface area (Å²) in [7, 11) is 2.31. The van der Waals surface area contributed by atoms with Crippen LogP contribution in [0.2, 0.25) is 0 Å². The third kappa shape index (κ3) is 3.94. The molecule has 0 aromatic carbocycles. The van der Waals surface area contributed by atoms with Gasteiger partial charge in [-0.2, -0.15) is 0 Å². The number of hydrogen-bond donors (Lipinski definition) is 1. The molecule has 1 aliphatic carbocycles. The fourth-order valence-electron chi connectivity index (χ4n) is 3.55. The molecule has 0 bridgehead atoms. The molecule has 2 aliphatic rings. The van der Waals surface area contributed by atoms with Crippen molar-refractivity contribution in [3.8, 4) is 0 Å². The third-order valence-corrected chi connectivity index (χ3v) is 4.66. The first-order chi connectivity index (χ1) is 8.81. The van der Waals surface area contributed by atoms with Crippen LogP contribution in [0.5, 0.6) is 0 Å². The number of rotatable bonds is 5. The molecule has 1 saturated carbocycles. The minimum Gasteiger partial charge on any atom is -0.381 e. The maximum atomic E-state index is 5.68. The SMILES string of the molecule is CCNC1CCOCC1CN(C)C1CCCCC1. The molecule has 18 heavy (non-hydrogen) atoms. The Morgan fingerprint density at radius 3 is 2.67 bits per heavy atom. The fraction of sp³-hybridized carbons (Fsp3) is 1.00. The molecular formula is C15H30N2O. The van der Waals surface area contributed by atoms with Gasteiger partial charge in [0.05, 0.1) is 6.61 Å². The Morgan fingerprint density at radius 1 is 1.17 bits per heavy atom. The van der Waals surface area contributed by atoms with E-state index in [-0.39, 0.29) is 0 Å². The molecule has 1 saturated heterocycles. The van der Waals surface area contributed by atoms with Gasteiger partial charge in [0, 0.05) is 31.2 Å². The lowest BCUT2D eigenvalue weighted by atomic mass is 9.91. The van der Waals surface area contributed by atoms with E-state index in [1.54, 1.807) is 0 Å². The molecule has 0 amide bonds. The first-order valence-corrected chi connectivity index (χ1v) is 7.82. The van der Waals surface area contributed by atoms with Crippen LogP contribution in [0.15, 0.2) is 0 Å². The van der Waals surface area contributed by atoms with E-state index < -0.39 is 0 Å². The first-order valence-electron chi connectivity index (χ1n) is 7.82. The Morgan fingerprint density at radius 2 is 1.94 bits per heavy atom. The van der Waals surface area contributed by atoms with Crippen LogP contribution in [0.3, 0.4) is 0 Å². The highest BCUT2D eigenvalue weighted by atomic mass is 16.5. The zero-order valence-corrected chi connectivity index (χ0v) is 12.2. The van der Waals surface area contributed by atoms with Crippen LogP contribution >= 0.6 is 0 Å². The molecule has 2 rings (SSSR count). The molecular weight excluding hydrogens is 224 g/mol. The molecule has 3 nitrogen and oxygen atoms in total. The molecule has 2 unspecified atom stereocenters. The van der Waals surface area contributed by atoms with E-state index in [0.29, 0.717) is 12.0 Å². The lowest BCUT2D eigenvalue weighted by Gasteiger charge is -2.38. The summed E-state index contributed by atoms with van der Waals surface area (Å²) in [6, 6.07) is 1.48. The number of ether oxygens (including phenoxy) is 1. The van der Waals surface area contributed by atoms with Gasteiger partial charge in [-0.05, 0) is 32.9 Å². The van der Waals surface area contributed by atoms with Crippen LogP contribution in [0, 0.1) is 5.92 Å². The highest BCUT2D eigenvalue weighted by Gasteiger charge is 2.28. The summed E-state index contributed by atoms with van der Waals surface area (Å²) in [6.07, 6.45) is 8.26. The standard InChI is InChI=1S/C15H30N2O/c1-3-16-15-9-10-18-12-13(15)11-17(2)14-7-5-4-6-8-14/h13-16H,3-12H2,1-2H3. The maximum absolute atomic E-state index is 5.68. The van der Waals surface area contributed by atoms with Gasteiger partial charge in [0.1, 0.15) is 0 Å². The monoisotopic (exact) mass is 254 g/mol. The van der Waals surface area contributed by atoms with Crippen LogP contribution in [0.4, 0.5) is 0 Å². The van der Waals surface area contributed by atoms with E-state index in [4.69, 9.17) is 4.74 Å². The van der Waals surface area contributed by atoms with Crippen LogP contribution in [0.25, 0.3) is 0 Å². The summed E-state index contributed by atoms with van der Waals surface area (Å²) in [5.41, 5.74) is 0. The molecule has 2 atom stereocenters. The summed E-state index contributed by atoms with van der Waals surface area (Å²) in [5, 5.41) is 3.64. The van der Waals surface area contributed by atoms with Gasteiger partial charge >= 0.3 is 0 Å². The van der Waals surface area contributed by atoms with Crippen LogP contribution in [-0.4, -0.2) is 50.3 Å². The van der Waals surface area contributed by atoms with Crippen molar-refractivity contribution in [2.45, 2.75) is 57.5 Å². The van der Waals surface area contributed by atoms with Gasteiger partial charge in [0.2, 0.25) is 0 Å². The Bertz CT molecular complexity index is 227. The van der Waals surface area contributed by atoms with Crippen molar-refractivity contribution in [3.05, 3.63) is 0 Å². The molecule has 3 heteroatoms. The second-order valence-electron chi connectivity index (χ2n) is 6.02. The smallest absolute Gasteiger partial charge is 0.0521 e. The molecule has 0 aromatic heterocycles. The van der Waals surface area contributed by atoms with Gasteiger partial charge in [-0.15, -0.1) is 0 Å². The van der Waals surface area contributed by atoms with E-state index in [1.807, 2.05) is 0 Å². The summed E-state index contributed by atoms with van der Waals surface area (Å²) < 4.78 is 5.68. The Balaban J connectivity index is 1.81. The summed E-state index contributed by atoms with van der Waals surface area (Å²) in [4.78, 5) is 2.60. The normalized spacial score (nSPS) is 30.8. The van der Waals surface area contributed by atoms with Gasteiger partial charge < -0.3 is 15.0 Å².